The fourth-order valence-corrected chi connectivity index (χ4v) is 13.3. The Morgan fingerprint density at radius 1 is 0.512 bits per heavy atom. The normalized spacial score (nSPS) is 16.5. The van der Waals surface area contributed by atoms with E-state index in [4.69, 9.17) is 52.9 Å². The van der Waals surface area contributed by atoms with Crippen molar-refractivity contribution in [2.45, 2.75) is 51.5 Å². The van der Waals surface area contributed by atoms with Crippen LogP contribution >= 0.6 is 70.6 Å². The van der Waals surface area contributed by atoms with Crippen LogP contribution in [0.2, 0.25) is 0 Å². The molecule has 24 heteroatoms. The number of nitrogens with zero attached hydrogens (tertiary/aromatic N) is 6. The number of carbonyl (C=O) groups excluding carboxylic acids is 6. The minimum absolute atomic E-state index is 0.00167. The number of rotatable bonds is 16. The lowest BCUT2D eigenvalue weighted by Crippen LogP contribution is -2.54. The summed E-state index contributed by atoms with van der Waals surface area (Å²) in [6, 6.07) is 37.7. The van der Waals surface area contributed by atoms with Crippen LogP contribution in [0, 0.1) is 0 Å². The Morgan fingerprint density at radius 2 is 0.812 bits per heavy atom. The molecule has 2 saturated heterocycles. The first-order valence-electron chi connectivity index (χ1n) is 24.5. The Labute approximate surface area is 483 Å². The van der Waals surface area contributed by atoms with Crippen molar-refractivity contribution in [2.75, 3.05) is 13.1 Å². The Balaban J connectivity index is 1.16. The molecule has 0 radical (unpaired) electrons. The van der Waals surface area contributed by atoms with E-state index in [9.17, 15) is 9.59 Å². The number of benzene rings is 5. The molecule has 2 aromatic heterocycles. The number of thiocarbonyl (C=S) groups is 2. The van der Waals surface area contributed by atoms with Gasteiger partial charge < -0.3 is 28.4 Å². The second kappa shape index (κ2) is 22.6. The van der Waals surface area contributed by atoms with Crippen LogP contribution in [0.15, 0.2) is 143 Å². The lowest BCUT2D eigenvalue weighted by Gasteiger charge is -2.38. The van der Waals surface area contributed by atoms with Gasteiger partial charge in [0.15, 0.2) is 10.1 Å². The van der Waals surface area contributed by atoms with Crippen LogP contribution in [0.4, 0.5) is 10.3 Å². The molecule has 0 aliphatic carbocycles. The van der Waals surface area contributed by atoms with Gasteiger partial charge in [0, 0.05) is 35.3 Å². The molecule has 0 N–H and O–H groups in total. The second-order valence-electron chi connectivity index (χ2n) is 17.7. The molecule has 0 spiro atoms. The van der Waals surface area contributed by atoms with Gasteiger partial charge in [-0.05, 0) is 71.8 Å². The van der Waals surface area contributed by atoms with Gasteiger partial charge in [-0.15, -0.1) is 0 Å². The van der Waals surface area contributed by atoms with E-state index in [0.29, 0.717) is 22.3 Å². The van der Waals surface area contributed by atoms with Crippen LogP contribution in [0.1, 0.15) is 47.2 Å². The summed E-state index contributed by atoms with van der Waals surface area (Å²) in [5.74, 6) is -6.51. The topological polar surface area (TPSA) is 215 Å². The SMILES string of the molecule is CCN1C(=O)/C(=N\c2nc3c(s2)-c2cc4c(cc2C(C(=O)OCc2ccccc2)(C(=O)OCc2ccccc2)O3)-c2sc(/N=C3/SC(=S)N(CC)C3=O)nc2OC4(C(=O)OCc2ccccc2)C(=O)OCc2ccccc2)SC1=S. The fourth-order valence-electron chi connectivity index (χ4n) is 8.82. The lowest BCUT2D eigenvalue weighted by molar-refractivity contribution is -0.185. The molecule has 0 unspecified atom stereocenters. The van der Waals surface area contributed by atoms with Gasteiger partial charge in [0.2, 0.25) is 22.0 Å². The summed E-state index contributed by atoms with van der Waals surface area (Å²) < 4.78 is 38.0. The smallest absolute Gasteiger partial charge is 0.367 e. The van der Waals surface area contributed by atoms with Crippen molar-refractivity contribution < 1.29 is 57.2 Å². The minimum atomic E-state index is -2.86. The zero-order valence-corrected chi connectivity index (χ0v) is 46.9. The number of ether oxygens (including phenoxy) is 6. The number of thiazole rings is 2. The van der Waals surface area contributed by atoms with Crippen LogP contribution in [0.3, 0.4) is 0 Å². The zero-order chi connectivity index (χ0) is 55.7. The quantitative estimate of drug-likeness (QED) is 0.0381. The van der Waals surface area contributed by atoms with E-state index in [2.05, 4.69) is 20.0 Å². The summed E-state index contributed by atoms with van der Waals surface area (Å²) in [6.07, 6.45) is 0. The third kappa shape index (κ3) is 10.1. The van der Waals surface area contributed by atoms with Crippen LogP contribution < -0.4 is 9.47 Å². The van der Waals surface area contributed by atoms with Gasteiger partial charge in [-0.2, -0.15) is 9.97 Å². The molecule has 0 saturated carbocycles. The third-order valence-electron chi connectivity index (χ3n) is 12.8. The van der Waals surface area contributed by atoms with Crippen molar-refractivity contribution in [1.29, 1.82) is 0 Å². The average Bonchev–Trinajstić information content (AvgIpc) is 4.25. The molecule has 402 valence electrons. The molecule has 2 fully saturated rings. The average molecular weight is 1180 g/mol. The summed E-state index contributed by atoms with van der Waals surface area (Å²) in [7, 11) is 0. The van der Waals surface area contributed by atoms with E-state index in [0.717, 1.165) is 46.2 Å². The van der Waals surface area contributed by atoms with Gasteiger partial charge in [-0.25, -0.2) is 29.2 Å². The van der Waals surface area contributed by atoms with Crippen molar-refractivity contribution in [3.63, 3.8) is 0 Å². The van der Waals surface area contributed by atoms with E-state index < -0.39 is 46.9 Å². The van der Waals surface area contributed by atoms with Crippen molar-refractivity contribution in [2.24, 2.45) is 9.98 Å². The maximum Gasteiger partial charge on any atom is 0.367 e. The maximum atomic E-state index is 15.4. The first kappa shape index (κ1) is 54.0. The molecule has 6 heterocycles. The van der Waals surface area contributed by atoms with Crippen LogP contribution in [0.25, 0.3) is 20.9 Å². The Kier molecular flexibility index (Phi) is 15.3. The zero-order valence-electron chi connectivity index (χ0n) is 42.0. The number of fused-ring (bicyclic) bond motifs is 6. The van der Waals surface area contributed by atoms with Gasteiger partial charge in [-0.3, -0.25) is 19.4 Å². The number of aliphatic imine (C=N–C) groups is 2. The molecule has 7 aromatic rings. The largest absolute Gasteiger partial charge is 0.457 e. The number of amides is 2. The predicted octanol–water partition coefficient (Wildman–Crippen LogP) is 9.90. The van der Waals surface area contributed by atoms with Crippen LogP contribution in [0.5, 0.6) is 11.8 Å². The Bertz CT molecular complexity index is 3390. The molecule has 5 aromatic carbocycles. The Hall–Kier alpha value is -8.00. The maximum absolute atomic E-state index is 15.4. The molecular weight excluding hydrogens is 1140 g/mol. The van der Waals surface area contributed by atoms with Crippen LogP contribution in [-0.4, -0.2) is 87.3 Å². The standard InChI is InChI=1S/C56H40N6O12S6/c1-3-61-45(63)43(79-53(61)75)59-51-57-41-39(77-51)35-25-38-36(26-37(35)55(73-41,47(65)69-27-31-17-9-5-10-18-31)48(66)70-28-32-19-11-6-12-20-32)40-42(58-52(78-40)60-44-46(64)62(4-2)54(76)80-44)74-56(38,49(67)71-29-33-21-13-7-14-22-33)50(68)72-30-34-23-15-8-16-24-34/h5-26H,3-4,27-30H2,1-2H3/b59-43+,60-44+. The number of esters is 4. The van der Waals surface area contributed by atoms with Gasteiger partial charge in [0.05, 0.1) is 0 Å². The van der Waals surface area contributed by atoms with E-state index in [1.165, 1.54) is 21.9 Å². The van der Waals surface area contributed by atoms with E-state index >= 15 is 19.2 Å². The van der Waals surface area contributed by atoms with Crippen molar-refractivity contribution in [1.82, 2.24) is 19.8 Å². The lowest BCUT2D eigenvalue weighted by atomic mass is 9.79. The molecule has 4 aliphatic heterocycles. The number of aromatic nitrogens is 2. The highest BCUT2D eigenvalue weighted by molar-refractivity contribution is 8.35. The first-order valence-corrected chi connectivity index (χ1v) is 28.6. The number of thioether (sulfide) groups is 2. The van der Waals surface area contributed by atoms with Crippen LogP contribution in [-0.2, 0) is 85.3 Å². The summed E-state index contributed by atoms with van der Waals surface area (Å²) >= 11 is 14.7. The van der Waals surface area contributed by atoms with Gasteiger partial charge >= 0.3 is 35.1 Å². The first-order chi connectivity index (χ1) is 38.8. The van der Waals surface area contributed by atoms with E-state index in [1.807, 2.05) is 0 Å². The molecule has 18 nitrogen and oxygen atoms in total. The highest BCUT2D eigenvalue weighted by Gasteiger charge is 2.63. The molecule has 80 heavy (non-hydrogen) atoms. The molecular formula is C56H40N6O12S6. The van der Waals surface area contributed by atoms with Gasteiger partial charge in [-0.1, -0.05) is 168 Å². The molecule has 0 atom stereocenters. The van der Waals surface area contributed by atoms with E-state index in [-0.39, 0.29) is 112 Å². The number of hydrogen-bond acceptors (Lipinski definition) is 22. The van der Waals surface area contributed by atoms with Gasteiger partial charge in [0.25, 0.3) is 11.8 Å². The number of hydrogen-bond donors (Lipinski definition) is 0. The Morgan fingerprint density at radius 3 is 1.09 bits per heavy atom. The summed E-state index contributed by atoms with van der Waals surface area (Å²) in [4.78, 5) is 110. The second-order valence-corrected chi connectivity index (χ2v) is 22.9. The predicted molar refractivity (Wildman–Crippen MR) is 308 cm³/mol. The summed E-state index contributed by atoms with van der Waals surface area (Å²) in [5, 5.41) is -0.110. The van der Waals surface area contributed by atoms with Crippen molar-refractivity contribution in [3.05, 3.63) is 167 Å². The fraction of sp³-hybridized carbons (Fsp3) is 0.179. The van der Waals surface area contributed by atoms with Gasteiger partial charge in [0.1, 0.15) is 44.8 Å². The van der Waals surface area contributed by atoms with Crippen molar-refractivity contribution in [3.8, 4) is 32.6 Å². The number of carbonyl (C=O) groups is 6. The van der Waals surface area contributed by atoms with Crippen molar-refractivity contribution >= 4 is 135 Å². The monoisotopic (exact) mass is 1180 g/mol. The summed E-state index contributed by atoms with van der Waals surface area (Å²) in [5.41, 5.74) is -3.81. The third-order valence-corrected chi connectivity index (χ3v) is 17.3. The highest BCUT2D eigenvalue weighted by Crippen LogP contribution is 2.57. The van der Waals surface area contributed by atoms with E-state index in [1.54, 1.807) is 135 Å². The highest BCUT2D eigenvalue weighted by atomic mass is 32.2. The molecule has 0 bridgehead atoms. The summed E-state index contributed by atoms with van der Waals surface area (Å²) in [6.45, 7) is 2.77. The minimum Gasteiger partial charge on any atom is -0.457 e. The molecule has 4 aliphatic rings. The molecule has 11 rings (SSSR count). The molecule has 2 amide bonds.